The Hall–Kier alpha value is -2.11. The Labute approximate surface area is 117 Å². The quantitative estimate of drug-likeness (QED) is 0.779. The van der Waals surface area contributed by atoms with Crippen LogP contribution in [0, 0.1) is 0 Å². The van der Waals surface area contributed by atoms with Crippen molar-refractivity contribution < 1.29 is 14.3 Å². The second-order valence-corrected chi connectivity index (χ2v) is 4.98. The normalized spacial score (nSPS) is 21.6. The van der Waals surface area contributed by atoms with Crippen molar-refractivity contribution in [3.05, 3.63) is 24.0 Å². The van der Waals surface area contributed by atoms with Crippen molar-refractivity contribution in [3.8, 4) is 5.75 Å². The molecular formula is C14H17N3O3. The highest BCUT2D eigenvalue weighted by Gasteiger charge is 2.47. The first kappa shape index (κ1) is 12.9. The molecule has 3 heterocycles. The van der Waals surface area contributed by atoms with Crippen LogP contribution in [0.15, 0.2) is 18.3 Å². The van der Waals surface area contributed by atoms with Crippen molar-refractivity contribution in [1.82, 2.24) is 14.8 Å². The van der Waals surface area contributed by atoms with Crippen LogP contribution in [0.2, 0.25) is 0 Å². The van der Waals surface area contributed by atoms with Crippen LogP contribution in [0.5, 0.6) is 5.75 Å². The number of urea groups is 1. The smallest absolute Gasteiger partial charge is 0.327 e. The third-order valence-electron chi connectivity index (χ3n) is 3.71. The van der Waals surface area contributed by atoms with Crippen LogP contribution in [-0.2, 0) is 11.3 Å². The van der Waals surface area contributed by atoms with Gasteiger partial charge in [-0.1, -0.05) is 0 Å². The average Bonchev–Trinajstić information content (AvgIpc) is 3.01. The highest BCUT2D eigenvalue weighted by atomic mass is 16.5. The molecule has 0 spiro atoms. The van der Waals surface area contributed by atoms with Crippen LogP contribution < -0.4 is 4.74 Å². The number of aromatic nitrogens is 1. The van der Waals surface area contributed by atoms with E-state index in [2.05, 4.69) is 4.98 Å². The number of hydrogen-bond acceptors (Lipinski definition) is 4. The van der Waals surface area contributed by atoms with Gasteiger partial charge in [-0.2, -0.15) is 0 Å². The van der Waals surface area contributed by atoms with E-state index in [9.17, 15) is 9.59 Å². The molecule has 1 aromatic rings. The fourth-order valence-electron chi connectivity index (χ4n) is 2.75. The van der Waals surface area contributed by atoms with Gasteiger partial charge in [0.1, 0.15) is 11.8 Å². The maximum absolute atomic E-state index is 12.2. The fourth-order valence-corrected chi connectivity index (χ4v) is 2.75. The van der Waals surface area contributed by atoms with Crippen LogP contribution in [0.1, 0.15) is 25.5 Å². The van der Waals surface area contributed by atoms with Crippen LogP contribution in [0.25, 0.3) is 0 Å². The van der Waals surface area contributed by atoms with Crippen molar-refractivity contribution in [3.63, 3.8) is 0 Å². The molecule has 1 aromatic heterocycles. The molecule has 0 N–H and O–H groups in total. The molecule has 2 fully saturated rings. The SMILES string of the molecule is CCOc1ccc(CN2C(=O)[C@H]3CCCN3C2=O)nc1. The Bertz CT molecular complexity index is 507. The summed E-state index contributed by atoms with van der Waals surface area (Å²) in [6.07, 6.45) is 3.31. The van der Waals surface area contributed by atoms with Crippen LogP contribution in [0.3, 0.4) is 0 Å². The van der Waals surface area contributed by atoms with Gasteiger partial charge in [0.05, 0.1) is 25.0 Å². The number of imide groups is 1. The molecule has 106 valence electrons. The van der Waals surface area contributed by atoms with E-state index in [0.717, 1.165) is 12.8 Å². The van der Waals surface area contributed by atoms with E-state index >= 15 is 0 Å². The summed E-state index contributed by atoms with van der Waals surface area (Å²) in [7, 11) is 0. The highest BCUT2D eigenvalue weighted by Crippen LogP contribution is 2.28. The second-order valence-electron chi connectivity index (χ2n) is 4.98. The third-order valence-corrected chi connectivity index (χ3v) is 3.71. The van der Waals surface area contributed by atoms with Crippen molar-refractivity contribution in [2.75, 3.05) is 13.2 Å². The number of carbonyl (C=O) groups is 2. The van der Waals surface area contributed by atoms with Crippen LogP contribution >= 0.6 is 0 Å². The Balaban J connectivity index is 1.71. The molecule has 2 aliphatic rings. The summed E-state index contributed by atoms with van der Waals surface area (Å²) in [5, 5.41) is 0. The molecule has 6 nitrogen and oxygen atoms in total. The second kappa shape index (κ2) is 5.11. The Morgan fingerprint density at radius 1 is 1.40 bits per heavy atom. The zero-order valence-electron chi connectivity index (χ0n) is 11.4. The van der Waals surface area contributed by atoms with Gasteiger partial charge in [0.15, 0.2) is 0 Å². The molecule has 0 bridgehead atoms. The van der Waals surface area contributed by atoms with Crippen molar-refractivity contribution in [2.45, 2.75) is 32.4 Å². The molecule has 0 saturated carbocycles. The van der Waals surface area contributed by atoms with Gasteiger partial charge in [-0.3, -0.25) is 14.7 Å². The molecule has 20 heavy (non-hydrogen) atoms. The van der Waals surface area contributed by atoms with Crippen molar-refractivity contribution in [1.29, 1.82) is 0 Å². The number of carbonyl (C=O) groups excluding carboxylic acids is 2. The lowest BCUT2D eigenvalue weighted by Crippen LogP contribution is -2.32. The van der Waals surface area contributed by atoms with Crippen LogP contribution in [0.4, 0.5) is 4.79 Å². The standard InChI is InChI=1S/C14H17N3O3/c1-2-20-11-6-5-10(15-8-11)9-17-13(18)12-4-3-7-16(12)14(17)19/h5-6,8,12H,2-4,7,9H2,1H3/t12-/m1/s1. The lowest BCUT2D eigenvalue weighted by atomic mass is 10.2. The summed E-state index contributed by atoms with van der Waals surface area (Å²) >= 11 is 0. The van der Waals surface area contributed by atoms with E-state index in [1.807, 2.05) is 6.92 Å². The number of pyridine rings is 1. The summed E-state index contributed by atoms with van der Waals surface area (Å²) < 4.78 is 5.32. The van der Waals surface area contributed by atoms with Gasteiger partial charge in [-0.15, -0.1) is 0 Å². The predicted molar refractivity (Wildman–Crippen MR) is 71.1 cm³/mol. The lowest BCUT2D eigenvalue weighted by Gasteiger charge is -2.15. The summed E-state index contributed by atoms with van der Waals surface area (Å²) in [6, 6.07) is 3.16. The largest absolute Gasteiger partial charge is 0.492 e. The topological polar surface area (TPSA) is 62.7 Å². The average molecular weight is 275 g/mol. The van der Waals surface area contributed by atoms with Gasteiger partial charge in [0.25, 0.3) is 5.91 Å². The number of rotatable bonds is 4. The molecule has 6 heteroatoms. The maximum atomic E-state index is 12.2. The Morgan fingerprint density at radius 2 is 2.25 bits per heavy atom. The van der Waals surface area contributed by atoms with E-state index in [1.165, 1.54) is 4.90 Å². The Kier molecular flexibility index (Phi) is 3.30. The molecule has 3 amide bonds. The molecule has 0 radical (unpaired) electrons. The van der Waals surface area contributed by atoms with Gasteiger partial charge in [0.2, 0.25) is 0 Å². The minimum absolute atomic E-state index is 0.0943. The number of amides is 3. The summed E-state index contributed by atoms with van der Waals surface area (Å²) in [5.41, 5.74) is 0.691. The zero-order valence-corrected chi connectivity index (χ0v) is 11.4. The molecule has 3 rings (SSSR count). The van der Waals surface area contributed by atoms with Crippen molar-refractivity contribution >= 4 is 11.9 Å². The lowest BCUT2D eigenvalue weighted by molar-refractivity contribution is -0.128. The molecule has 2 aliphatic heterocycles. The molecule has 2 saturated heterocycles. The van der Waals surface area contributed by atoms with Gasteiger partial charge in [0, 0.05) is 6.54 Å². The number of ether oxygens (including phenoxy) is 1. The molecule has 0 aliphatic carbocycles. The summed E-state index contributed by atoms with van der Waals surface area (Å²) in [6.45, 7) is 3.41. The first-order chi connectivity index (χ1) is 9.70. The first-order valence-corrected chi connectivity index (χ1v) is 6.90. The first-order valence-electron chi connectivity index (χ1n) is 6.90. The maximum Gasteiger partial charge on any atom is 0.327 e. The number of fused-ring (bicyclic) bond motifs is 1. The summed E-state index contributed by atoms with van der Waals surface area (Å²) in [4.78, 5) is 31.5. The highest BCUT2D eigenvalue weighted by molar-refractivity contribution is 6.04. The Morgan fingerprint density at radius 3 is 2.90 bits per heavy atom. The summed E-state index contributed by atoms with van der Waals surface area (Å²) in [5.74, 6) is 0.596. The van der Waals surface area contributed by atoms with Gasteiger partial charge < -0.3 is 9.64 Å². The van der Waals surface area contributed by atoms with Crippen LogP contribution in [-0.4, -0.2) is 45.9 Å². The minimum atomic E-state index is -0.245. The van der Waals surface area contributed by atoms with E-state index in [4.69, 9.17) is 4.74 Å². The monoisotopic (exact) mass is 275 g/mol. The van der Waals surface area contributed by atoms with E-state index in [1.54, 1.807) is 23.2 Å². The minimum Gasteiger partial charge on any atom is -0.492 e. The number of hydrogen-bond donors (Lipinski definition) is 0. The molecule has 0 unspecified atom stereocenters. The zero-order chi connectivity index (χ0) is 14.1. The third kappa shape index (κ3) is 2.11. The van der Waals surface area contributed by atoms with Crippen molar-refractivity contribution in [2.24, 2.45) is 0 Å². The van der Waals surface area contributed by atoms with E-state index in [0.29, 0.717) is 24.6 Å². The van der Waals surface area contributed by atoms with Gasteiger partial charge in [-0.25, -0.2) is 4.79 Å². The van der Waals surface area contributed by atoms with Gasteiger partial charge >= 0.3 is 6.03 Å². The van der Waals surface area contributed by atoms with E-state index < -0.39 is 0 Å². The fraction of sp³-hybridized carbons (Fsp3) is 0.500. The molecular weight excluding hydrogens is 258 g/mol. The predicted octanol–water partition coefficient (Wildman–Crippen LogP) is 1.41. The number of nitrogens with zero attached hydrogens (tertiary/aromatic N) is 3. The molecule has 0 aromatic carbocycles. The van der Waals surface area contributed by atoms with Gasteiger partial charge in [-0.05, 0) is 31.9 Å². The van der Waals surface area contributed by atoms with E-state index in [-0.39, 0.29) is 24.5 Å². The molecule has 1 atom stereocenters.